The molecule has 0 aliphatic carbocycles. The summed E-state index contributed by atoms with van der Waals surface area (Å²) in [6.07, 6.45) is -0.410. The van der Waals surface area contributed by atoms with E-state index in [4.69, 9.17) is 10.8 Å². The highest BCUT2D eigenvalue weighted by molar-refractivity contribution is 14.1. The van der Waals surface area contributed by atoms with Gasteiger partial charge in [-0.3, -0.25) is 0 Å². The van der Waals surface area contributed by atoms with E-state index in [1.54, 1.807) is 0 Å². The average molecular weight is 244 g/mol. The number of hydrogen-bond donors (Lipinski definition) is 3. The molecule has 0 aromatic rings. The molecule has 0 aliphatic rings. The fraction of sp³-hybridized carbons (Fsp3) is 1.00. The summed E-state index contributed by atoms with van der Waals surface area (Å²) in [5, 5.41) is 12.1. The Morgan fingerprint density at radius 1 is 1.78 bits per heavy atom. The van der Waals surface area contributed by atoms with Crippen LogP contribution in [0.2, 0.25) is 0 Å². The summed E-state index contributed by atoms with van der Waals surface area (Å²) < 4.78 is 0.882. The number of aliphatic hydroxyl groups is 1. The van der Waals surface area contributed by atoms with E-state index in [1.807, 2.05) is 7.05 Å². The molecule has 2 atom stereocenters. The zero-order chi connectivity index (χ0) is 7.28. The van der Waals surface area contributed by atoms with Crippen molar-refractivity contribution in [3.05, 3.63) is 0 Å². The maximum absolute atomic E-state index is 9.13. The summed E-state index contributed by atoms with van der Waals surface area (Å²) in [7, 11) is 1.82. The second kappa shape index (κ2) is 5.40. The van der Waals surface area contributed by atoms with Crippen LogP contribution >= 0.6 is 22.6 Å². The van der Waals surface area contributed by atoms with Crippen molar-refractivity contribution in [1.29, 1.82) is 0 Å². The van der Waals surface area contributed by atoms with Gasteiger partial charge >= 0.3 is 0 Å². The van der Waals surface area contributed by atoms with Crippen LogP contribution in [0.4, 0.5) is 0 Å². The third kappa shape index (κ3) is 3.34. The third-order valence-electron chi connectivity index (χ3n) is 1.24. The van der Waals surface area contributed by atoms with Crippen molar-refractivity contribution in [2.24, 2.45) is 5.73 Å². The van der Waals surface area contributed by atoms with Gasteiger partial charge in [-0.2, -0.15) is 0 Å². The second-order valence-corrected chi connectivity index (χ2v) is 2.73. The number of halogens is 1. The Bertz CT molecular complexity index is 68.0. The van der Waals surface area contributed by atoms with E-state index >= 15 is 0 Å². The second-order valence-electron chi connectivity index (χ2n) is 1.85. The average Bonchev–Trinajstić information content (AvgIpc) is 1.90. The lowest BCUT2D eigenvalue weighted by Gasteiger charge is -2.17. The van der Waals surface area contributed by atoms with Crippen molar-refractivity contribution in [3.8, 4) is 0 Å². The van der Waals surface area contributed by atoms with Gasteiger partial charge in [0.1, 0.15) is 0 Å². The molecule has 0 amide bonds. The topological polar surface area (TPSA) is 58.3 Å². The summed E-state index contributed by atoms with van der Waals surface area (Å²) in [6, 6.07) is 0.135. The minimum absolute atomic E-state index is 0.135. The zero-order valence-corrected chi connectivity index (χ0v) is 7.63. The summed E-state index contributed by atoms with van der Waals surface area (Å²) >= 11 is 2.21. The van der Waals surface area contributed by atoms with Gasteiger partial charge in [0, 0.05) is 17.0 Å². The molecule has 0 bridgehead atoms. The van der Waals surface area contributed by atoms with Gasteiger partial charge < -0.3 is 16.2 Å². The lowest BCUT2D eigenvalue weighted by atomic mass is 10.2. The monoisotopic (exact) mass is 244 g/mol. The standard InChI is InChI=1S/C5H13IN2O/c1-8-4(2-6)5(9)3-7/h4-5,8-9H,2-3,7H2,1H3. The van der Waals surface area contributed by atoms with Crippen molar-refractivity contribution < 1.29 is 5.11 Å². The Morgan fingerprint density at radius 3 is 2.44 bits per heavy atom. The van der Waals surface area contributed by atoms with E-state index in [0.717, 1.165) is 4.43 Å². The van der Waals surface area contributed by atoms with Gasteiger partial charge in [-0.1, -0.05) is 22.6 Å². The smallest absolute Gasteiger partial charge is 0.0822 e. The van der Waals surface area contributed by atoms with Crippen LogP contribution in [0.5, 0.6) is 0 Å². The van der Waals surface area contributed by atoms with E-state index in [1.165, 1.54) is 0 Å². The Morgan fingerprint density at radius 2 is 2.33 bits per heavy atom. The number of rotatable bonds is 4. The summed E-state index contributed by atoms with van der Waals surface area (Å²) in [5.41, 5.74) is 5.23. The molecular weight excluding hydrogens is 231 g/mol. The Hall–Kier alpha value is 0.610. The SMILES string of the molecule is CNC(CI)C(O)CN. The maximum Gasteiger partial charge on any atom is 0.0822 e. The van der Waals surface area contributed by atoms with Crippen LogP contribution < -0.4 is 11.1 Å². The molecular formula is C5H13IN2O. The van der Waals surface area contributed by atoms with Gasteiger partial charge in [-0.25, -0.2) is 0 Å². The minimum Gasteiger partial charge on any atom is -0.390 e. The first-order valence-corrected chi connectivity index (χ1v) is 4.40. The molecule has 0 fully saturated rings. The number of alkyl halides is 1. The fourth-order valence-electron chi connectivity index (χ4n) is 0.537. The first-order valence-electron chi connectivity index (χ1n) is 2.87. The first-order chi connectivity index (χ1) is 4.26. The fourth-order valence-corrected chi connectivity index (χ4v) is 1.56. The van der Waals surface area contributed by atoms with E-state index < -0.39 is 6.10 Å². The number of hydrogen-bond acceptors (Lipinski definition) is 3. The third-order valence-corrected chi connectivity index (χ3v) is 2.19. The van der Waals surface area contributed by atoms with Gasteiger partial charge in [0.05, 0.1) is 6.10 Å². The molecule has 0 saturated carbocycles. The van der Waals surface area contributed by atoms with Crippen LogP contribution in [0.1, 0.15) is 0 Å². The molecule has 0 aliphatic heterocycles. The van der Waals surface area contributed by atoms with Crippen molar-refractivity contribution in [1.82, 2.24) is 5.32 Å². The number of aliphatic hydroxyl groups excluding tert-OH is 1. The van der Waals surface area contributed by atoms with Crippen LogP contribution in [0, 0.1) is 0 Å². The quantitative estimate of drug-likeness (QED) is 0.454. The summed E-state index contributed by atoms with van der Waals surface area (Å²) in [5.74, 6) is 0. The van der Waals surface area contributed by atoms with Crippen LogP contribution in [-0.4, -0.2) is 35.3 Å². The highest BCUT2D eigenvalue weighted by atomic mass is 127. The van der Waals surface area contributed by atoms with Crippen molar-refractivity contribution in [3.63, 3.8) is 0 Å². The van der Waals surface area contributed by atoms with Gasteiger partial charge in [0.2, 0.25) is 0 Å². The van der Waals surface area contributed by atoms with Crippen LogP contribution in [-0.2, 0) is 0 Å². The van der Waals surface area contributed by atoms with Crippen molar-refractivity contribution >= 4 is 22.6 Å². The van der Waals surface area contributed by atoms with Crippen LogP contribution in [0.25, 0.3) is 0 Å². The van der Waals surface area contributed by atoms with Crippen molar-refractivity contribution in [2.45, 2.75) is 12.1 Å². The molecule has 0 spiro atoms. The van der Waals surface area contributed by atoms with Crippen LogP contribution in [0.15, 0.2) is 0 Å². The number of likely N-dealkylation sites (N-methyl/N-ethyl adjacent to an activating group) is 1. The molecule has 0 aromatic heterocycles. The van der Waals surface area contributed by atoms with E-state index in [9.17, 15) is 0 Å². The highest BCUT2D eigenvalue weighted by Gasteiger charge is 2.12. The molecule has 56 valence electrons. The molecule has 3 nitrogen and oxygen atoms in total. The molecule has 9 heavy (non-hydrogen) atoms. The lowest BCUT2D eigenvalue weighted by Crippen LogP contribution is -2.43. The summed E-state index contributed by atoms with van der Waals surface area (Å²) in [4.78, 5) is 0. The van der Waals surface area contributed by atoms with Gasteiger partial charge in [0.25, 0.3) is 0 Å². The molecule has 0 radical (unpaired) electrons. The summed E-state index contributed by atoms with van der Waals surface area (Å²) in [6.45, 7) is 0.328. The molecule has 4 heteroatoms. The van der Waals surface area contributed by atoms with Crippen LogP contribution in [0.3, 0.4) is 0 Å². The van der Waals surface area contributed by atoms with Gasteiger partial charge in [0.15, 0.2) is 0 Å². The lowest BCUT2D eigenvalue weighted by molar-refractivity contribution is 0.149. The minimum atomic E-state index is -0.410. The van der Waals surface area contributed by atoms with E-state index in [0.29, 0.717) is 6.54 Å². The maximum atomic E-state index is 9.13. The van der Waals surface area contributed by atoms with Gasteiger partial charge in [-0.15, -0.1) is 0 Å². The normalized spacial score (nSPS) is 17.3. The van der Waals surface area contributed by atoms with E-state index in [-0.39, 0.29) is 6.04 Å². The highest BCUT2D eigenvalue weighted by Crippen LogP contribution is 1.95. The molecule has 0 saturated heterocycles. The molecule has 0 heterocycles. The predicted octanol–water partition coefficient (Wildman–Crippen LogP) is -0.671. The molecule has 0 aromatic carbocycles. The Kier molecular flexibility index (Phi) is 5.77. The van der Waals surface area contributed by atoms with E-state index in [2.05, 4.69) is 27.9 Å². The van der Waals surface area contributed by atoms with Crippen molar-refractivity contribution in [2.75, 3.05) is 18.0 Å². The number of nitrogens with two attached hydrogens (primary N) is 1. The largest absolute Gasteiger partial charge is 0.390 e. The predicted molar refractivity (Wildman–Crippen MR) is 46.8 cm³/mol. The van der Waals surface area contributed by atoms with Gasteiger partial charge in [-0.05, 0) is 7.05 Å². The molecule has 4 N–H and O–H groups in total. The zero-order valence-electron chi connectivity index (χ0n) is 5.47. The Balaban J connectivity index is 3.50. The molecule has 2 unspecified atom stereocenters. The first kappa shape index (κ1) is 9.61. The molecule has 0 rings (SSSR count). The number of nitrogens with one attached hydrogen (secondary N) is 1. The Labute approximate surface area is 69.1 Å².